The molecule has 0 spiro atoms. The van der Waals surface area contributed by atoms with Gasteiger partial charge in [0.1, 0.15) is 16.9 Å². The number of ether oxygens (including phenoxy) is 1. The summed E-state index contributed by atoms with van der Waals surface area (Å²) in [6.45, 7) is 2.27. The largest absolute Gasteiger partial charge is 0.462 e. The summed E-state index contributed by atoms with van der Waals surface area (Å²) in [7, 11) is 0. The quantitative estimate of drug-likeness (QED) is 0.234. The van der Waals surface area contributed by atoms with Gasteiger partial charge in [0.05, 0.1) is 28.2 Å². The number of anilines is 1. The number of esters is 1. The number of nitrogens with zero attached hydrogens (tertiary/aromatic N) is 3. The van der Waals surface area contributed by atoms with Crippen LogP contribution in [0.5, 0.6) is 0 Å². The number of para-hydroxylation sites is 2. The molecule has 10 heteroatoms. The number of carbonyl (C=O) groups excluding carboxylic acids is 1. The van der Waals surface area contributed by atoms with E-state index >= 15 is 0 Å². The van der Waals surface area contributed by atoms with Gasteiger partial charge in [0.2, 0.25) is 0 Å². The fraction of sp³-hybridized carbons (Fsp3) is 0.292. The lowest BCUT2D eigenvalue weighted by Gasteiger charge is -2.13. The van der Waals surface area contributed by atoms with Gasteiger partial charge in [0, 0.05) is 5.69 Å². The zero-order valence-electron chi connectivity index (χ0n) is 18.3. The predicted molar refractivity (Wildman–Crippen MR) is 125 cm³/mol. The first-order chi connectivity index (χ1) is 16.2. The highest BCUT2D eigenvalue weighted by atomic mass is 35.5. The normalized spacial score (nSPS) is 11.9. The molecule has 0 radical (unpaired) electrons. The number of unbranched alkanes of at least 4 members (excludes halogenated alkanes) is 3. The van der Waals surface area contributed by atoms with Crippen molar-refractivity contribution in [3.63, 3.8) is 0 Å². The van der Waals surface area contributed by atoms with Gasteiger partial charge < -0.3 is 10.5 Å². The first-order valence-corrected chi connectivity index (χ1v) is 11.2. The molecule has 2 N–H and O–H groups in total. The molecule has 4 rings (SSSR count). The average molecular weight is 491 g/mol. The van der Waals surface area contributed by atoms with Crippen molar-refractivity contribution in [1.82, 2.24) is 14.5 Å². The summed E-state index contributed by atoms with van der Waals surface area (Å²) in [4.78, 5) is 22.1. The summed E-state index contributed by atoms with van der Waals surface area (Å²) in [6, 6.07) is 10.3. The van der Waals surface area contributed by atoms with Crippen LogP contribution in [0, 0.1) is 0 Å². The van der Waals surface area contributed by atoms with Gasteiger partial charge in [-0.3, -0.25) is 4.57 Å². The average Bonchev–Trinajstić information content (AvgIpc) is 3.07. The van der Waals surface area contributed by atoms with E-state index in [1.54, 1.807) is 24.3 Å². The highest BCUT2D eigenvalue weighted by Gasteiger charge is 2.34. The van der Waals surface area contributed by atoms with Crippen molar-refractivity contribution in [2.24, 2.45) is 0 Å². The molecule has 0 aliphatic rings. The number of fused-ring (bicyclic) bond motifs is 2. The second-order valence-corrected chi connectivity index (χ2v) is 8.25. The van der Waals surface area contributed by atoms with Gasteiger partial charge in [-0.2, -0.15) is 13.2 Å². The summed E-state index contributed by atoms with van der Waals surface area (Å²) in [5, 5.41) is -0.450. The van der Waals surface area contributed by atoms with E-state index in [4.69, 9.17) is 22.1 Å². The molecule has 178 valence electrons. The maximum Gasteiger partial charge on any atom is 0.417 e. The Balaban J connectivity index is 1.88. The maximum atomic E-state index is 13.5. The van der Waals surface area contributed by atoms with Crippen LogP contribution in [0.4, 0.5) is 19.0 Å². The highest BCUT2D eigenvalue weighted by molar-refractivity contribution is 6.31. The number of halogens is 4. The topological polar surface area (TPSA) is 83.0 Å². The Bertz CT molecular complexity index is 1370. The van der Waals surface area contributed by atoms with Crippen molar-refractivity contribution in [2.45, 2.75) is 38.8 Å². The van der Waals surface area contributed by atoms with Gasteiger partial charge in [-0.15, -0.1) is 0 Å². The second kappa shape index (κ2) is 9.50. The molecule has 0 fully saturated rings. The van der Waals surface area contributed by atoms with Gasteiger partial charge in [0.25, 0.3) is 0 Å². The number of carbonyl (C=O) groups is 1. The Labute approximate surface area is 198 Å². The Hall–Kier alpha value is -3.33. The van der Waals surface area contributed by atoms with Gasteiger partial charge in [-0.05, 0) is 36.8 Å². The fourth-order valence-electron chi connectivity index (χ4n) is 3.76. The Morgan fingerprint density at radius 3 is 2.47 bits per heavy atom. The van der Waals surface area contributed by atoms with Gasteiger partial charge in [0.15, 0.2) is 5.65 Å². The van der Waals surface area contributed by atoms with Crippen molar-refractivity contribution < 1.29 is 22.7 Å². The molecule has 2 heterocycles. The Morgan fingerprint density at radius 1 is 1.09 bits per heavy atom. The smallest absolute Gasteiger partial charge is 0.417 e. The van der Waals surface area contributed by atoms with E-state index in [0.717, 1.165) is 31.4 Å². The van der Waals surface area contributed by atoms with Gasteiger partial charge in [-0.25, -0.2) is 14.8 Å². The van der Waals surface area contributed by atoms with E-state index in [-0.39, 0.29) is 34.8 Å². The first-order valence-electron chi connectivity index (χ1n) is 10.8. The highest BCUT2D eigenvalue weighted by Crippen LogP contribution is 2.38. The van der Waals surface area contributed by atoms with Crippen LogP contribution in [0.15, 0.2) is 42.5 Å². The van der Waals surface area contributed by atoms with Crippen molar-refractivity contribution in [3.05, 3.63) is 58.6 Å². The molecule has 0 saturated heterocycles. The molecular weight excluding hydrogens is 469 g/mol. The van der Waals surface area contributed by atoms with Crippen LogP contribution in [0.1, 0.15) is 48.5 Å². The van der Waals surface area contributed by atoms with E-state index in [2.05, 4.69) is 16.9 Å². The third-order valence-electron chi connectivity index (χ3n) is 5.45. The fourth-order valence-corrected chi connectivity index (χ4v) is 3.98. The number of nitrogen functional groups attached to an aromatic ring is 1. The van der Waals surface area contributed by atoms with Crippen LogP contribution in [-0.2, 0) is 10.9 Å². The minimum atomic E-state index is -4.68. The van der Waals surface area contributed by atoms with Crippen LogP contribution in [-0.4, -0.2) is 27.1 Å². The SMILES string of the molecule is CCCCCCOC(=O)c1c(N)n(-c2ccc(Cl)c(C(F)(F)F)c2)c2nc3ccccc3nc12. The van der Waals surface area contributed by atoms with Crippen molar-refractivity contribution in [2.75, 3.05) is 12.3 Å². The lowest BCUT2D eigenvalue weighted by atomic mass is 10.2. The molecule has 0 bridgehead atoms. The molecule has 0 aliphatic carbocycles. The predicted octanol–water partition coefficient (Wildman–Crippen LogP) is 6.57. The number of hydrogen-bond acceptors (Lipinski definition) is 5. The Morgan fingerprint density at radius 2 is 1.79 bits per heavy atom. The summed E-state index contributed by atoms with van der Waals surface area (Å²) < 4.78 is 47.2. The van der Waals surface area contributed by atoms with Crippen molar-refractivity contribution in [3.8, 4) is 5.69 Å². The summed E-state index contributed by atoms with van der Waals surface area (Å²) >= 11 is 5.79. The molecule has 2 aromatic heterocycles. The van der Waals surface area contributed by atoms with E-state index in [9.17, 15) is 18.0 Å². The molecule has 0 aliphatic heterocycles. The molecule has 0 amide bonds. The second-order valence-electron chi connectivity index (χ2n) is 7.84. The van der Waals surface area contributed by atoms with E-state index in [1.807, 2.05) is 0 Å². The molecule has 2 aromatic carbocycles. The number of nitrogens with two attached hydrogens (primary N) is 1. The first kappa shape index (κ1) is 23.8. The van der Waals surface area contributed by atoms with Gasteiger partial charge >= 0.3 is 12.1 Å². The minimum absolute atomic E-state index is 0.0350. The van der Waals surface area contributed by atoms with E-state index < -0.39 is 22.7 Å². The van der Waals surface area contributed by atoms with E-state index in [1.165, 1.54) is 10.6 Å². The van der Waals surface area contributed by atoms with Crippen LogP contribution in [0.2, 0.25) is 5.02 Å². The van der Waals surface area contributed by atoms with Crippen molar-refractivity contribution in [1.29, 1.82) is 0 Å². The summed E-state index contributed by atoms with van der Waals surface area (Å²) in [6.07, 6.45) is -1.01. The molecule has 6 nitrogen and oxygen atoms in total. The number of aromatic nitrogens is 3. The maximum absolute atomic E-state index is 13.5. The molecule has 34 heavy (non-hydrogen) atoms. The monoisotopic (exact) mass is 490 g/mol. The van der Waals surface area contributed by atoms with Crippen LogP contribution in [0.25, 0.3) is 27.9 Å². The number of hydrogen-bond donors (Lipinski definition) is 1. The number of alkyl halides is 3. The van der Waals surface area contributed by atoms with Crippen molar-refractivity contribution >= 4 is 45.6 Å². The van der Waals surface area contributed by atoms with E-state index in [0.29, 0.717) is 17.5 Å². The van der Waals surface area contributed by atoms with Crippen LogP contribution in [0.3, 0.4) is 0 Å². The molecule has 0 saturated carbocycles. The molecule has 0 unspecified atom stereocenters. The molecular formula is C24H22ClF3N4O2. The third-order valence-corrected chi connectivity index (χ3v) is 5.78. The number of benzene rings is 2. The lowest BCUT2D eigenvalue weighted by molar-refractivity contribution is -0.137. The zero-order valence-corrected chi connectivity index (χ0v) is 19.1. The van der Waals surface area contributed by atoms with Crippen LogP contribution >= 0.6 is 11.6 Å². The van der Waals surface area contributed by atoms with Gasteiger partial charge in [-0.1, -0.05) is 49.9 Å². The standard InChI is InChI=1S/C24H22ClF3N4O2/c1-2-3-4-7-12-34-23(33)19-20-22(31-18-9-6-5-8-17(18)30-20)32(21(19)29)14-10-11-16(25)15(13-14)24(26,27)28/h5-6,8-11,13H,2-4,7,12,29H2,1H3. The Kier molecular flexibility index (Phi) is 6.65. The molecule has 4 aromatic rings. The lowest BCUT2D eigenvalue weighted by Crippen LogP contribution is -2.11. The van der Waals surface area contributed by atoms with Crippen LogP contribution < -0.4 is 5.73 Å². The minimum Gasteiger partial charge on any atom is -0.462 e. The number of rotatable bonds is 7. The third kappa shape index (κ3) is 4.52. The summed E-state index contributed by atoms with van der Waals surface area (Å²) in [5.74, 6) is -0.813. The molecule has 0 atom stereocenters. The summed E-state index contributed by atoms with van der Waals surface area (Å²) in [5.41, 5.74) is 6.62. The zero-order chi connectivity index (χ0) is 24.5.